The fourth-order valence-corrected chi connectivity index (χ4v) is 2.67. The van der Waals surface area contributed by atoms with Gasteiger partial charge in [-0.1, -0.05) is 24.3 Å². The summed E-state index contributed by atoms with van der Waals surface area (Å²) in [6.45, 7) is 2.77. The molecule has 3 rings (SSSR count). The summed E-state index contributed by atoms with van der Waals surface area (Å²) in [7, 11) is 0. The fraction of sp³-hybridized carbons (Fsp3) is 0.300. The Morgan fingerprint density at radius 1 is 1.15 bits per heavy atom. The molecule has 0 radical (unpaired) electrons. The molecular formula is C20H21N3O3. The van der Waals surface area contributed by atoms with Crippen LogP contribution in [-0.4, -0.2) is 37.2 Å². The molecule has 1 aliphatic heterocycles. The van der Waals surface area contributed by atoms with Crippen LogP contribution in [0.3, 0.4) is 0 Å². The molecule has 1 fully saturated rings. The second-order valence-electron chi connectivity index (χ2n) is 6.00. The average Bonchev–Trinajstić information content (AvgIpc) is 2.69. The Morgan fingerprint density at radius 3 is 2.65 bits per heavy atom. The lowest BCUT2D eigenvalue weighted by Gasteiger charge is -2.27. The van der Waals surface area contributed by atoms with Crippen molar-refractivity contribution in [3.8, 4) is 11.8 Å². The molecular weight excluding hydrogens is 330 g/mol. The summed E-state index contributed by atoms with van der Waals surface area (Å²) in [4.78, 5) is 14.0. The third-order valence-corrected chi connectivity index (χ3v) is 4.09. The summed E-state index contributed by atoms with van der Waals surface area (Å²) in [6, 6.07) is 17.1. The lowest BCUT2D eigenvalue weighted by molar-refractivity contribution is 0.0564. The molecule has 26 heavy (non-hydrogen) atoms. The zero-order valence-electron chi connectivity index (χ0n) is 14.5. The Morgan fingerprint density at radius 2 is 1.92 bits per heavy atom. The number of benzene rings is 2. The van der Waals surface area contributed by atoms with Gasteiger partial charge in [0, 0.05) is 18.8 Å². The molecule has 134 valence electrons. The molecule has 6 heteroatoms. The van der Waals surface area contributed by atoms with E-state index in [4.69, 9.17) is 14.7 Å². The van der Waals surface area contributed by atoms with Crippen molar-refractivity contribution in [2.24, 2.45) is 0 Å². The third-order valence-electron chi connectivity index (χ3n) is 4.09. The number of anilines is 1. The minimum Gasteiger partial charge on any atom is -0.489 e. The van der Waals surface area contributed by atoms with Gasteiger partial charge in [0.2, 0.25) is 0 Å². The number of hydrogen-bond acceptors (Lipinski definition) is 4. The first kappa shape index (κ1) is 17.8. The van der Waals surface area contributed by atoms with Gasteiger partial charge in [-0.05, 0) is 35.4 Å². The van der Waals surface area contributed by atoms with Crippen LogP contribution in [0.4, 0.5) is 10.5 Å². The molecule has 0 saturated carbocycles. The highest BCUT2D eigenvalue weighted by Gasteiger charge is 2.16. The van der Waals surface area contributed by atoms with E-state index in [-0.39, 0.29) is 6.03 Å². The van der Waals surface area contributed by atoms with Crippen molar-refractivity contribution in [2.45, 2.75) is 13.0 Å². The normalized spacial score (nSPS) is 13.7. The molecule has 2 aromatic rings. The van der Waals surface area contributed by atoms with E-state index in [2.05, 4.69) is 11.4 Å². The highest BCUT2D eigenvalue weighted by atomic mass is 16.5. The highest BCUT2D eigenvalue weighted by Crippen LogP contribution is 2.17. The number of nitriles is 1. The maximum absolute atomic E-state index is 12.2. The number of nitrogens with one attached hydrogen (secondary N) is 1. The van der Waals surface area contributed by atoms with E-state index >= 15 is 0 Å². The molecule has 2 amide bonds. The fourth-order valence-electron chi connectivity index (χ4n) is 2.67. The zero-order valence-corrected chi connectivity index (χ0v) is 14.5. The summed E-state index contributed by atoms with van der Waals surface area (Å²) in [5.74, 6) is 0.745. The number of rotatable bonds is 5. The van der Waals surface area contributed by atoms with E-state index in [1.807, 2.05) is 48.5 Å². The van der Waals surface area contributed by atoms with Crippen molar-refractivity contribution in [1.29, 1.82) is 5.26 Å². The van der Waals surface area contributed by atoms with Crippen LogP contribution < -0.4 is 10.1 Å². The summed E-state index contributed by atoms with van der Waals surface area (Å²) in [5.41, 5.74) is 2.67. The molecule has 1 N–H and O–H groups in total. The molecule has 2 aromatic carbocycles. The molecule has 0 aliphatic carbocycles. The number of carbonyl (C=O) groups excluding carboxylic acids is 1. The Kier molecular flexibility index (Phi) is 6.07. The largest absolute Gasteiger partial charge is 0.489 e. The van der Waals surface area contributed by atoms with Crippen molar-refractivity contribution in [2.75, 3.05) is 31.6 Å². The molecule has 0 bridgehead atoms. The van der Waals surface area contributed by atoms with E-state index in [0.717, 1.165) is 22.6 Å². The van der Waals surface area contributed by atoms with Gasteiger partial charge in [0.25, 0.3) is 0 Å². The van der Waals surface area contributed by atoms with Crippen LogP contribution in [0.1, 0.15) is 11.1 Å². The first-order chi connectivity index (χ1) is 12.7. The Bertz CT molecular complexity index is 778. The lowest BCUT2D eigenvalue weighted by atomic mass is 10.1. The predicted molar refractivity (Wildman–Crippen MR) is 97.9 cm³/mol. The van der Waals surface area contributed by atoms with Crippen molar-refractivity contribution in [3.05, 3.63) is 59.7 Å². The van der Waals surface area contributed by atoms with Crippen LogP contribution in [-0.2, 0) is 17.8 Å². The van der Waals surface area contributed by atoms with E-state index in [1.165, 1.54) is 0 Å². The average molecular weight is 351 g/mol. The van der Waals surface area contributed by atoms with E-state index in [0.29, 0.717) is 39.3 Å². The van der Waals surface area contributed by atoms with Gasteiger partial charge in [0.05, 0.1) is 25.7 Å². The molecule has 0 aromatic heterocycles. The monoisotopic (exact) mass is 351 g/mol. The van der Waals surface area contributed by atoms with E-state index in [1.54, 1.807) is 4.90 Å². The van der Waals surface area contributed by atoms with Crippen LogP contribution in [0.15, 0.2) is 48.5 Å². The van der Waals surface area contributed by atoms with Crippen LogP contribution in [0.5, 0.6) is 5.75 Å². The predicted octanol–water partition coefficient (Wildman–Crippen LogP) is 3.20. The van der Waals surface area contributed by atoms with Crippen molar-refractivity contribution in [3.63, 3.8) is 0 Å². The van der Waals surface area contributed by atoms with Gasteiger partial charge in [-0.15, -0.1) is 0 Å². The number of urea groups is 1. The van der Waals surface area contributed by atoms with Crippen LogP contribution in [0, 0.1) is 11.3 Å². The molecule has 0 unspecified atom stereocenters. The van der Waals surface area contributed by atoms with Crippen molar-refractivity contribution in [1.82, 2.24) is 4.90 Å². The molecule has 1 aliphatic rings. The number of morpholine rings is 1. The van der Waals surface area contributed by atoms with E-state index < -0.39 is 0 Å². The maximum atomic E-state index is 12.2. The number of nitrogens with zero attached hydrogens (tertiary/aromatic N) is 2. The first-order valence-electron chi connectivity index (χ1n) is 8.56. The quantitative estimate of drug-likeness (QED) is 0.898. The summed E-state index contributed by atoms with van der Waals surface area (Å²) < 4.78 is 11.0. The molecule has 0 atom stereocenters. The zero-order chi connectivity index (χ0) is 18.2. The van der Waals surface area contributed by atoms with Gasteiger partial charge in [0.15, 0.2) is 0 Å². The second-order valence-corrected chi connectivity index (χ2v) is 6.00. The van der Waals surface area contributed by atoms with Gasteiger partial charge in [0.1, 0.15) is 12.4 Å². The lowest BCUT2D eigenvalue weighted by Crippen LogP contribution is -2.43. The number of hydrogen-bond donors (Lipinski definition) is 1. The number of amides is 2. The summed E-state index contributed by atoms with van der Waals surface area (Å²) in [5, 5.41) is 11.6. The van der Waals surface area contributed by atoms with Gasteiger partial charge in [-0.25, -0.2) is 4.79 Å². The standard InChI is InChI=1S/C20H21N3O3/c21-9-8-16-4-6-19(7-5-16)26-15-17-2-1-3-18(14-17)22-20(24)23-10-12-25-13-11-23/h1-7,14H,8,10-13,15H2,(H,22,24). The maximum Gasteiger partial charge on any atom is 0.321 e. The smallest absolute Gasteiger partial charge is 0.321 e. The molecule has 1 saturated heterocycles. The third kappa shape index (κ3) is 4.98. The number of ether oxygens (including phenoxy) is 2. The Hall–Kier alpha value is -3.04. The van der Waals surface area contributed by atoms with Gasteiger partial charge < -0.3 is 19.7 Å². The SMILES string of the molecule is N#CCc1ccc(OCc2cccc(NC(=O)N3CCOCC3)c2)cc1. The van der Waals surface area contributed by atoms with Crippen LogP contribution in [0.25, 0.3) is 0 Å². The van der Waals surface area contributed by atoms with Crippen LogP contribution >= 0.6 is 0 Å². The molecule has 0 spiro atoms. The highest BCUT2D eigenvalue weighted by molar-refractivity contribution is 5.89. The topological polar surface area (TPSA) is 74.6 Å². The van der Waals surface area contributed by atoms with Gasteiger partial charge in [-0.3, -0.25) is 0 Å². The van der Waals surface area contributed by atoms with Crippen LogP contribution in [0.2, 0.25) is 0 Å². The van der Waals surface area contributed by atoms with Crippen molar-refractivity contribution < 1.29 is 14.3 Å². The van der Waals surface area contributed by atoms with Gasteiger partial charge in [-0.2, -0.15) is 5.26 Å². The van der Waals surface area contributed by atoms with Crippen molar-refractivity contribution >= 4 is 11.7 Å². The van der Waals surface area contributed by atoms with Gasteiger partial charge >= 0.3 is 6.03 Å². The second kappa shape index (κ2) is 8.88. The minimum atomic E-state index is -0.112. The summed E-state index contributed by atoms with van der Waals surface area (Å²) >= 11 is 0. The Balaban J connectivity index is 1.55. The minimum absolute atomic E-state index is 0.112. The first-order valence-corrected chi connectivity index (χ1v) is 8.56. The summed E-state index contributed by atoms with van der Waals surface area (Å²) in [6.07, 6.45) is 0.394. The molecule has 6 nitrogen and oxygen atoms in total. The number of carbonyl (C=O) groups is 1. The Labute approximate surface area is 152 Å². The molecule has 1 heterocycles. The van der Waals surface area contributed by atoms with E-state index in [9.17, 15) is 4.79 Å².